The Hall–Kier alpha value is -2.63. The molecule has 0 unspecified atom stereocenters. The average molecular weight is 287 g/mol. The SMILES string of the molecule is CCCNC(=O)c1nc(-c2cccc(C)c2)nc(O)c1O. The summed E-state index contributed by atoms with van der Waals surface area (Å²) < 4.78 is 0. The van der Waals surface area contributed by atoms with Gasteiger partial charge in [-0.1, -0.05) is 30.7 Å². The second-order valence-electron chi connectivity index (χ2n) is 4.69. The Morgan fingerprint density at radius 3 is 2.71 bits per heavy atom. The van der Waals surface area contributed by atoms with Crippen molar-refractivity contribution in [1.29, 1.82) is 0 Å². The third-order valence-electron chi connectivity index (χ3n) is 2.89. The van der Waals surface area contributed by atoms with Gasteiger partial charge in [0.2, 0.25) is 5.75 Å². The van der Waals surface area contributed by atoms with E-state index in [1.165, 1.54) is 0 Å². The molecule has 3 N–H and O–H groups in total. The van der Waals surface area contributed by atoms with Crippen LogP contribution in [0.3, 0.4) is 0 Å². The number of carbonyl (C=O) groups is 1. The van der Waals surface area contributed by atoms with Crippen molar-refractivity contribution < 1.29 is 15.0 Å². The first-order valence-corrected chi connectivity index (χ1v) is 6.68. The predicted molar refractivity (Wildman–Crippen MR) is 78.2 cm³/mol. The lowest BCUT2D eigenvalue weighted by molar-refractivity contribution is 0.0944. The smallest absolute Gasteiger partial charge is 0.274 e. The van der Waals surface area contributed by atoms with E-state index in [1.54, 1.807) is 6.07 Å². The number of hydrogen-bond donors (Lipinski definition) is 3. The molecule has 2 aromatic rings. The van der Waals surface area contributed by atoms with Gasteiger partial charge in [0.25, 0.3) is 11.8 Å². The van der Waals surface area contributed by atoms with Crippen molar-refractivity contribution in [2.24, 2.45) is 0 Å². The highest BCUT2D eigenvalue weighted by molar-refractivity contribution is 5.95. The van der Waals surface area contributed by atoms with Gasteiger partial charge in [0.05, 0.1) is 0 Å². The van der Waals surface area contributed by atoms with E-state index >= 15 is 0 Å². The molecule has 21 heavy (non-hydrogen) atoms. The molecular formula is C15H17N3O3. The molecule has 0 aliphatic rings. The van der Waals surface area contributed by atoms with E-state index in [9.17, 15) is 15.0 Å². The van der Waals surface area contributed by atoms with Gasteiger partial charge in [0.15, 0.2) is 11.5 Å². The zero-order chi connectivity index (χ0) is 15.4. The molecule has 110 valence electrons. The van der Waals surface area contributed by atoms with Crippen molar-refractivity contribution in [3.8, 4) is 23.0 Å². The zero-order valence-corrected chi connectivity index (χ0v) is 11.9. The van der Waals surface area contributed by atoms with Crippen molar-refractivity contribution in [2.75, 3.05) is 6.54 Å². The van der Waals surface area contributed by atoms with Gasteiger partial charge < -0.3 is 15.5 Å². The highest BCUT2D eigenvalue weighted by Gasteiger charge is 2.19. The first kappa shape index (κ1) is 14.8. The maximum Gasteiger partial charge on any atom is 0.274 e. The first-order valence-electron chi connectivity index (χ1n) is 6.68. The molecule has 0 radical (unpaired) electrons. The molecule has 1 amide bonds. The lowest BCUT2D eigenvalue weighted by atomic mass is 10.1. The Morgan fingerprint density at radius 1 is 1.29 bits per heavy atom. The summed E-state index contributed by atoms with van der Waals surface area (Å²) in [5.41, 5.74) is 1.43. The van der Waals surface area contributed by atoms with Gasteiger partial charge in [-0.3, -0.25) is 4.79 Å². The van der Waals surface area contributed by atoms with E-state index in [2.05, 4.69) is 15.3 Å². The van der Waals surface area contributed by atoms with Crippen molar-refractivity contribution in [1.82, 2.24) is 15.3 Å². The van der Waals surface area contributed by atoms with E-state index in [0.29, 0.717) is 12.1 Å². The van der Waals surface area contributed by atoms with Crippen LogP contribution in [0.4, 0.5) is 0 Å². The Morgan fingerprint density at radius 2 is 2.05 bits per heavy atom. The fourth-order valence-corrected chi connectivity index (χ4v) is 1.84. The molecule has 1 heterocycles. The molecule has 0 atom stereocenters. The molecule has 0 aliphatic heterocycles. The van der Waals surface area contributed by atoms with E-state index in [1.807, 2.05) is 32.0 Å². The Kier molecular flexibility index (Phi) is 4.37. The normalized spacial score (nSPS) is 10.4. The molecule has 0 spiro atoms. The number of carbonyl (C=O) groups excluding carboxylic acids is 1. The van der Waals surface area contributed by atoms with Gasteiger partial charge in [0, 0.05) is 12.1 Å². The number of nitrogens with one attached hydrogen (secondary N) is 1. The summed E-state index contributed by atoms with van der Waals surface area (Å²) >= 11 is 0. The fraction of sp³-hybridized carbons (Fsp3) is 0.267. The number of nitrogens with zero attached hydrogens (tertiary/aromatic N) is 2. The van der Waals surface area contributed by atoms with Crippen LogP contribution in [-0.2, 0) is 0 Å². The minimum absolute atomic E-state index is 0.190. The highest BCUT2D eigenvalue weighted by Crippen LogP contribution is 2.28. The molecule has 0 aliphatic carbocycles. The van der Waals surface area contributed by atoms with Crippen LogP contribution < -0.4 is 5.32 Å². The van der Waals surface area contributed by atoms with Crippen LogP contribution in [-0.4, -0.2) is 32.6 Å². The summed E-state index contributed by atoms with van der Waals surface area (Å²) in [4.78, 5) is 19.8. The van der Waals surface area contributed by atoms with Gasteiger partial charge in [-0.05, 0) is 19.4 Å². The van der Waals surface area contributed by atoms with Crippen LogP contribution in [0.2, 0.25) is 0 Å². The standard InChI is InChI=1S/C15H17N3O3/c1-3-7-16-14(20)11-12(19)15(21)18-13(17-11)10-6-4-5-9(2)8-10/h4-6,8,19H,3,7H2,1-2H3,(H,16,20)(H,17,18,21). The summed E-state index contributed by atoms with van der Waals surface area (Å²) in [5, 5.41) is 22.1. The molecule has 0 fully saturated rings. The molecule has 6 nitrogen and oxygen atoms in total. The predicted octanol–water partition coefficient (Wildman–Crippen LogP) is 2.00. The van der Waals surface area contributed by atoms with Crippen LogP contribution in [0.25, 0.3) is 11.4 Å². The highest BCUT2D eigenvalue weighted by atomic mass is 16.3. The largest absolute Gasteiger partial charge is 0.501 e. The minimum atomic E-state index is -0.611. The third-order valence-corrected chi connectivity index (χ3v) is 2.89. The molecular weight excluding hydrogens is 270 g/mol. The Labute approximate surface area is 122 Å². The van der Waals surface area contributed by atoms with Crippen molar-refractivity contribution in [3.05, 3.63) is 35.5 Å². The van der Waals surface area contributed by atoms with Gasteiger partial charge >= 0.3 is 0 Å². The number of aromatic hydroxyl groups is 2. The number of benzene rings is 1. The summed E-state index contributed by atoms with van der Waals surface area (Å²) in [6.45, 7) is 4.29. The van der Waals surface area contributed by atoms with E-state index in [4.69, 9.17) is 0 Å². The quantitative estimate of drug-likeness (QED) is 0.799. The van der Waals surface area contributed by atoms with Crippen LogP contribution in [0.15, 0.2) is 24.3 Å². The summed E-state index contributed by atoms with van der Waals surface area (Å²) in [6.07, 6.45) is 0.758. The first-order chi connectivity index (χ1) is 10.0. The monoisotopic (exact) mass is 287 g/mol. The molecule has 0 saturated carbocycles. The number of amides is 1. The molecule has 0 bridgehead atoms. The Bertz CT molecular complexity index is 671. The van der Waals surface area contributed by atoms with E-state index in [0.717, 1.165) is 12.0 Å². The van der Waals surface area contributed by atoms with Crippen LogP contribution in [0, 0.1) is 6.92 Å². The third kappa shape index (κ3) is 3.28. The fourth-order valence-electron chi connectivity index (χ4n) is 1.84. The second kappa shape index (κ2) is 6.21. The average Bonchev–Trinajstić information content (AvgIpc) is 2.47. The van der Waals surface area contributed by atoms with Gasteiger partial charge in [0.1, 0.15) is 0 Å². The number of rotatable bonds is 4. The Balaban J connectivity index is 2.45. The lowest BCUT2D eigenvalue weighted by Gasteiger charge is -2.08. The molecule has 1 aromatic heterocycles. The van der Waals surface area contributed by atoms with Gasteiger partial charge in [-0.25, -0.2) is 4.98 Å². The number of hydrogen-bond acceptors (Lipinski definition) is 5. The summed E-state index contributed by atoms with van der Waals surface area (Å²) in [5.74, 6) is -1.57. The lowest BCUT2D eigenvalue weighted by Crippen LogP contribution is -2.25. The van der Waals surface area contributed by atoms with Crippen LogP contribution in [0.5, 0.6) is 11.6 Å². The van der Waals surface area contributed by atoms with E-state index < -0.39 is 17.5 Å². The van der Waals surface area contributed by atoms with Crippen molar-refractivity contribution in [2.45, 2.75) is 20.3 Å². The van der Waals surface area contributed by atoms with Gasteiger partial charge in [-0.2, -0.15) is 4.98 Å². The van der Waals surface area contributed by atoms with Crippen LogP contribution in [0.1, 0.15) is 29.4 Å². The molecule has 0 saturated heterocycles. The van der Waals surface area contributed by atoms with Gasteiger partial charge in [-0.15, -0.1) is 0 Å². The molecule has 2 rings (SSSR count). The topological polar surface area (TPSA) is 95.3 Å². The number of aromatic nitrogens is 2. The maximum atomic E-state index is 12.0. The molecule has 1 aromatic carbocycles. The minimum Gasteiger partial charge on any atom is -0.501 e. The second-order valence-corrected chi connectivity index (χ2v) is 4.69. The molecule has 6 heteroatoms. The summed E-state index contributed by atoms with van der Waals surface area (Å²) in [6, 6.07) is 7.35. The maximum absolute atomic E-state index is 12.0. The summed E-state index contributed by atoms with van der Waals surface area (Å²) in [7, 11) is 0. The zero-order valence-electron chi connectivity index (χ0n) is 11.9. The van der Waals surface area contributed by atoms with Crippen molar-refractivity contribution in [3.63, 3.8) is 0 Å². The van der Waals surface area contributed by atoms with Crippen LogP contribution >= 0.6 is 0 Å². The van der Waals surface area contributed by atoms with Crippen molar-refractivity contribution >= 4 is 5.91 Å². The van der Waals surface area contributed by atoms with E-state index in [-0.39, 0.29) is 11.5 Å². The number of aryl methyl sites for hydroxylation is 1.